The maximum Gasteiger partial charge on any atom is 0.169 e. The van der Waals surface area contributed by atoms with E-state index in [9.17, 15) is 9.90 Å². The quantitative estimate of drug-likeness (QED) is 0.537. The Balaban J connectivity index is 2.09. The number of hydrogen-bond acceptors (Lipinski definition) is 4. The van der Waals surface area contributed by atoms with Crippen LogP contribution in [0, 0.1) is 5.92 Å². The van der Waals surface area contributed by atoms with Crippen molar-refractivity contribution in [1.82, 2.24) is 0 Å². The number of hydrogen-bond donors (Lipinski definition) is 2. The molecule has 1 saturated heterocycles. The Morgan fingerprint density at radius 2 is 2.25 bits per heavy atom. The van der Waals surface area contributed by atoms with Crippen LogP contribution in [-0.4, -0.2) is 40.9 Å². The lowest BCUT2D eigenvalue weighted by Gasteiger charge is -2.44. The summed E-state index contributed by atoms with van der Waals surface area (Å²) in [5.41, 5.74) is 0. The first-order valence-electron chi connectivity index (χ1n) is 4.22. The predicted octanol–water partition coefficient (Wildman–Crippen LogP) is -0.914. The highest BCUT2D eigenvalue weighted by Gasteiger charge is 2.48. The molecule has 12 heavy (non-hydrogen) atoms. The second-order valence-electron chi connectivity index (χ2n) is 3.43. The van der Waals surface area contributed by atoms with Gasteiger partial charge in [0.05, 0.1) is 12.7 Å². The van der Waals surface area contributed by atoms with Crippen LogP contribution in [0.25, 0.3) is 0 Å². The zero-order valence-electron chi connectivity index (χ0n) is 6.64. The molecule has 2 N–H and O–H groups in total. The van der Waals surface area contributed by atoms with Gasteiger partial charge in [-0.05, 0) is 12.8 Å². The average Bonchev–Trinajstić information content (AvgIpc) is 2.01. The van der Waals surface area contributed by atoms with E-state index >= 15 is 0 Å². The van der Waals surface area contributed by atoms with Crippen LogP contribution in [0.4, 0.5) is 0 Å². The monoisotopic (exact) mass is 172 g/mol. The molecule has 4 heteroatoms. The Labute approximate surface area is 70.1 Å². The Kier molecular flexibility index (Phi) is 1.90. The zero-order valence-corrected chi connectivity index (χ0v) is 6.64. The van der Waals surface area contributed by atoms with Gasteiger partial charge in [-0.1, -0.05) is 0 Å². The van der Waals surface area contributed by atoms with Crippen molar-refractivity contribution in [2.24, 2.45) is 5.92 Å². The fourth-order valence-electron chi connectivity index (χ4n) is 1.80. The highest BCUT2D eigenvalue weighted by Crippen LogP contribution is 2.37. The van der Waals surface area contributed by atoms with Crippen LogP contribution in [0.2, 0.25) is 0 Å². The Morgan fingerprint density at radius 3 is 2.75 bits per heavy atom. The van der Waals surface area contributed by atoms with E-state index in [1.54, 1.807) is 0 Å². The number of Topliss-reactive ketones (excluding diaryl/α,β-unsaturated/α-hetero) is 1. The number of rotatable bonds is 1. The first-order chi connectivity index (χ1) is 5.74. The molecule has 0 unspecified atom stereocenters. The van der Waals surface area contributed by atoms with Crippen LogP contribution in [0.3, 0.4) is 0 Å². The van der Waals surface area contributed by atoms with E-state index in [2.05, 4.69) is 0 Å². The van der Waals surface area contributed by atoms with Crippen molar-refractivity contribution in [3.05, 3.63) is 0 Å². The summed E-state index contributed by atoms with van der Waals surface area (Å²) in [6.07, 6.45) is -0.160. The molecule has 4 atom stereocenters. The highest BCUT2D eigenvalue weighted by atomic mass is 16.5. The summed E-state index contributed by atoms with van der Waals surface area (Å²) >= 11 is 0. The fraction of sp³-hybridized carbons (Fsp3) is 0.875. The summed E-state index contributed by atoms with van der Waals surface area (Å²) in [6, 6.07) is 0. The van der Waals surface area contributed by atoms with Crippen LogP contribution >= 0.6 is 0 Å². The zero-order chi connectivity index (χ0) is 8.72. The van der Waals surface area contributed by atoms with Crippen LogP contribution < -0.4 is 0 Å². The van der Waals surface area contributed by atoms with Crippen molar-refractivity contribution < 1.29 is 19.7 Å². The lowest BCUT2D eigenvalue weighted by Crippen LogP contribution is -2.57. The molecule has 2 rings (SSSR count). The number of carbonyl (C=O) groups is 1. The molecule has 0 aromatic heterocycles. The number of aliphatic hydroxyl groups excluding tert-OH is 2. The van der Waals surface area contributed by atoms with Gasteiger partial charge in [-0.25, -0.2) is 0 Å². The van der Waals surface area contributed by atoms with Gasteiger partial charge in [0, 0.05) is 5.92 Å². The molecule has 1 heterocycles. The molecule has 0 amide bonds. The summed E-state index contributed by atoms with van der Waals surface area (Å²) in [5.74, 6) is -0.264. The standard InChI is InChI=1S/C8H12O4/c9-3-6-8(11)7(10)4-1-2-5(4)12-6/h4-6,8-9,11H,1-3H2/t4-,5+,6+,8+/m0/s1. The third kappa shape index (κ3) is 0.990. The smallest absolute Gasteiger partial charge is 0.169 e. The molecule has 0 bridgehead atoms. The first kappa shape index (κ1) is 8.16. The van der Waals surface area contributed by atoms with E-state index in [1.165, 1.54) is 0 Å². The lowest BCUT2D eigenvalue weighted by molar-refractivity contribution is -0.193. The number of ether oxygens (including phenoxy) is 1. The average molecular weight is 172 g/mol. The number of carbonyl (C=O) groups excluding carboxylic acids is 1. The molecular weight excluding hydrogens is 160 g/mol. The third-order valence-corrected chi connectivity index (χ3v) is 2.75. The summed E-state index contributed by atoms with van der Waals surface area (Å²) in [7, 11) is 0. The summed E-state index contributed by atoms with van der Waals surface area (Å²) < 4.78 is 5.30. The van der Waals surface area contributed by atoms with Crippen LogP contribution in [-0.2, 0) is 9.53 Å². The van der Waals surface area contributed by atoms with E-state index in [0.717, 1.165) is 12.8 Å². The van der Waals surface area contributed by atoms with Crippen molar-refractivity contribution in [3.8, 4) is 0 Å². The minimum absolute atomic E-state index is 0.0435. The summed E-state index contributed by atoms with van der Waals surface area (Å²) in [4.78, 5) is 11.3. The van der Waals surface area contributed by atoms with Crippen molar-refractivity contribution >= 4 is 5.78 Å². The van der Waals surface area contributed by atoms with Gasteiger partial charge in [0.2, 0.25) is 0 Å². The van der Waals surface area contributed by atoms with Gasteiger partial charge < -0.3 is 14.9 Å². The molecule has 0 aromatic rings. The minimum Gasteiger partial charge on any atom is -0.394 e. The fourth-order valence-corrected chi connectivity index (χ4v) is 1.80. The normalized spacial score (nSPS) is 46.7. The Bertz CT molecular complexity index is 203. The van der Waals surface area contributed by atoms with E-state index in [0.29, 0.717) is 0 Å². The molecule has 0 aromatic carbocycles. The molecule has 1 aliphatic carbocycles. The topological polar surface area (TPSA) is 66.8 Å². The molecular formula is C8H12O4. The third-order valence-electron chi connectivity index (χ3n) is 2.75. The van der Waals surface area contributed by atoms with Crippen molar-refractivity contribution in [2.75, 3.05) is 6.61 Å². The van der Waals surface area contributed by atoms with Gasteiger partial charge >= 0.3 is 0 Å². The molecule has 0 spiro atoms. The number of fused-ring (bicyclic) bond motifs is 1. The van der Waals surface area contributed by atoms with E-state index in [4.69, 9.17) is 9.84 Å². The van der Waals surface area contributed by atoms with Crippen molar-refractivity contribution in [1.29, 1.82) is 0 Å². The van der Waals surface area contributed by atoms with Gasteiger partial charge in [0.15, 0.2) is 5.78 Å². The predicted molar refractivity (Wildman–Crippen MR) is 39.5 cm³/mol. The molecule has 1 saturated carbocycles. The van der Waals surface area contributed by atoms with E-state index in [-0.39, 0.29) is 24.4 Å². The van der Waals surface area contributed by atoms with Gasteiger partial charge in [-0.15, -0.1) is 0 Å². The van der Waals surface area contributed by atoms with Gasteiger partial charge in [0.25, 0.3) is 0 Å². The van der Waals surface area contributed by atoms with Gasteiger partial charge in [-0.2, -0.15) is 0 Å². The SMILES string of the molecule is O=C1[C@H]2CC[C@H]2O[C@H](CO)[C@H]1O. The van der Waals surface area contributed by atoms with Gasteiger partial charge in [0.1, 0.15) is 12.2 Å². The summed E-state index contributed by atoms with van der Waals surface area (Å²) in [6.45, 7) is -0.282. The second kappa shape index (κ2) is 2.80. The van der Waals surface area contributed by atoms with Crippen LogP contribution in [0.5, 0.6) is 0 Å². The lowest BCUT2D eigenvalue weighted by atomic mass is 9.74. The molecule has 0 radical (unpaired) electrons. The van der Waals surface area contributed by atoms with Crippen molar-refractivity contribution in [3.63, 3.8) is 0 Å². The molecule has 4 nitrogen and oxygen atoms in total. The molecule has 2 fully saturated rings. The largest absolute Gasteiger partial charge is 0.394 e. The Hall–Kier alpha value is -0.450. The molecule has 68 valence electrons. The second-order valence-corrected chi connectivity index (χ2v) is 3.43. The maximum atomic E-state index is 11.3. The Morgan fingerprint density at radius 1 is 1.50 bits per heavy atom. The first-order valence-corrected chi connectivity index (χ1v) is 4.22. The number of ketones is 1. The summed E-state index contributed by atoms with van der Waals surface area (Å²) in [5, 5.41) is 18.1. The maximum absolute atomic E-state index is 11.3. The van der Waals surface area contributed by atoms with E-state index in [1.807, 2.05) is 0 Å². The number of aliphatic hydroxyl groups is 2. The highest BCUT2D eigenvalue weighted by molar-refractivity contribution is 5.87. The van der Waals surface area contributed by atoms with Crippen LogP contribution in [0.1, 0.15) is 12.8 Å². The van der Waals surface area contributed by atoms with Crippen molar-refractivity contribution in [2.45, 2.75) is 31.2 Å². The van der Waals surface area contributed by atoms with Gasteiger partial charge in [-0.3, -0.25) is 4.79 Å². The minimum atomic E-state index is -1.11. The van der Waals surface area contributed by atoms with Crippen LogP contribution in [0.15, 0.2) is 0 Å². The molecule has 2 aliphatic rings. The molecule has 1 aliphatic heterocycles. The van der Waals surface area contributed by atoms with E-state index < -0.39 is 12.2 Å².